The van der Waals surface area contributed by atoms with Gasteiger partial charge in [-0.3, -0.25) is 4.98 Å². The van der Waals surface area contributed by atoms with E-state index < -0.39 is 0 Å². The van der Waals surface area contributed by atoms with E-state index in [-0.39, 0.29) is 5.97 Å². The molecule has 0 aliphatic carbocycles. The summed E-state index contributed by atoms with van der Waals surface area (Å²) in [6, 6.07) is 1.88. The standard InChI is InChI=1S/C10H8BrNO2S/c1-2-14-10(13)9-8(11)6-5-12-4-3-7(6)15-9/h3-5H,2H2,1H3. The number of nitrogens with zero attached hydrogens (tertiary/aromatic N) is 1. The molecule has 0 amide bonds. The summed E-state index contributed by atoms with van der Waals surface area (Å²) in [6.07, 6.45) is 3.44. The van der Waals surface area contributed by atoms with Crippen molar-refractivity contribution in [2.75, 3.05) is 6.61 Å². The highest BCUT2D eigenvalue weighted by molar-refractivity contribution is 9.10. The lowest BCUT2D eigenvalue weighted by Crippen LogP contribution is -2.02. The molecule has 2 heterocycles. The number of hydrogen-bond donors (Lipinski definition) is 0. The van der Waals surface area contributed by atoms with Gasteiger partial charge in [0, 0.05) is 22.5 Å². The van der Waals surface area contributed by atoms with Crippen molar-refractivity contribution in [2.24, 2.45) is 0 Å². The van der Waals surface area contributed by atoms with Crippen LogP contribution in [0.25, 0.3) is 10.1 Å². The molecule has 0 spiro atoms. The molecule has 0 radical (unpaired) electrons. The summed E-state index contributed by atoms with van der Waals surface area (Å²) in [7, 11) is 0. The van der Waals surface area contributed by atoms with Crippen LogP contribution >= 0.6 is 27.3 Å². The van der Waals surface area contributed by atoms with Crippen molar-refractivity contribution < 1.29 is 9.53 Å². The van der Waals surface area contributed by atoms with E-state index >= 15 is 0 Å². The molecule has 2 aromatic heterocycles. The Hall–Kier alpha value is -0.940. The zero-order chi connectivity index (χ0) is 10.8. The highest BCUT2D eigenvalue weighted by Crippen LogP contribution is 2.35. The molecular formula is C10H8BrNO2S. The Morgan fingerprint density at radius 2 is 2.47 bits per heavy atom. The topological polar surface area (TPSA) is 39.2 Å². The first-order chi connectivity index (χ1) is 7.24. The molecule has 0 aliphatic rings. The van der Waals surface area contributed by atoms with Crippen LogP contribution in [0.4, 0.5) is 0 Å². The number of rotatable bonds is 2. The van der Waals surface area contributed by atoms with E-state index in [1.807, 2.05) is 6.07 Å². The van der Waals surface area contributed by atoms with Crippen LogP contribution in [0.2, 0.25) is 0 Å². The van der Waals surface area contributed by atoms with Gasteiger partial charge >= 0.3 is 5.97 Å². The van der Waals surface area contributed by atoms with E-state index in [0.717, 1.165) is 14.6 Å². The third-order valence-electron chi connectivity index (χ3n) is 1.89. The molecule has 0 atom stereocenters. The van der Waals surface area contributed by atoms with Crippen molar-refractivity contribution in [1.82, 2.24) is 4.98 Å². The summed E-state index contributed by atoms with van der Waals surface area (Å²) < 4.78 is 6.76. The fourth-order valence-corrected chi connectivity index (χ4v) is 3.05. The first kappa shape index (κ1) is 10.6. The zero-order valence-electron chi connectivity index (χ0n) is 7.99. The maximum atomic E-state index is 11.6. The van der Waals surface area contributed by atoms with Crippen molar-refractivity contribution in [2.45, 2.75) is 6.92 Å². The molecule has 5 heteroatoms. The molecule has 0 fully saturated rings. The lowest BCUT2D eigenvalue weighted by atomic mass is 10.3. The molecule has 2 rings (SSSR count). The minimum atomic E-state index is -0.287. The molecule has 0 bridgehead atoms. The molecule has 3 nitrogen and oxygen atoms in total. The number of fused-ring (bicyclic) bond motifs is 1. The van der Waals surface area contributed by atoms with Crippen molar-refractivity contribution in [3.05, 3.63) is 27.8 Å². The second-order valence-corrected chi connectivity index (χ2v) is 4.68. The van der Waals surface area contributed by atoms with Crippen molar-refractivity contribution in [3.8, 4) is 0 Å². The summed E-state index contributed by atoms with van der Waals surface area (Å²) in [4.78, 5) is 16.2. The van der Waals surface area contributed by atoms with Crippen LogP contribution in [0, 0.1) is 0 Å². The van der Waals surface area contributed by atoms with E-state index in [4.69, 9.17) is 4.74 Å². The largest absolute Gasteiger partial charge is 0.462 e. The molecule has 0 aromatic carbocycles. The third-order valence-corrected chi connectivity index (χ3v) is 4.13. The Morgan fingerprint density at radius 1 is 1.67 bits per heavy atom. The van der Waals surface area contributed by atoms with Crippen LogP contribution in [0.15, 0.2) is 22.9 Å². The van der Waals surface area contributed by atoms with Crippen LogP contribution in [-0.2, 0) is 4.74 Å². The summed E-state index contributed by atoms with van der Waals surface area (Å²) in [5.41, 5.74) is 0. The van der Waals surface area contributed by atoms with Gasteiger partial charge in [-0.25, -0.2) is 4.79 Å². The third kappa shape index (κ3) is 1.89. The van der Waals surface area contributed by atoms with Crippen LogP contribution < -0.4 is 0 Å². The Kier molecular flexibility index (Phi) is 3.02. The van der Waals surface area contributed by atoms with Gasteiger partial charge in [-0.2, -0.15) is 0 Å². The highest BCUT2D eigenvalue weighted by atomic mass is 79.9. The molecule has 2 aromatic rings. The summed E-state index contributed by atoms with van der Waals surface area (Å²) in [5, 5.41) is 0.950. The number of carbonyl (C=O) groups is 1. The van der Waals surface area contributed by atoms with Gasteiger partial charge in [0.1, 0.15) is 4.88 Å². The van der Waals surface area contributed by atoms with E-state index in [1.165, 1.54) is 11.3 Å². The van der Waals surface area contributed by atoms with Gasteiger partial charge in [-0.1, -0.05) is 0 Å². The fraction of sp³-hybridized carbons (Fsp3) is 0.200. The number of aromatic nitrogens is 1. The van der Waals surface area contributed by atoms with Gasteiger partial charge in [-0.15, -0.1) is 11.3 Å². The smallest absolute Gasteiger partial charge is 0.349 e. The SMILES string of the molecule is CCOC(=O)c1sc2ccncc2c1Br. The van der Waals surface area contributed by atoms with Crippen molar-refractivity contribution in [3.63, 3.8) is 0 Å². The van der Waals surface area contributed by atoms with Gasteiger partial charge < -0.3 is 4.74 Å². The van der Waals surface area contributed by atoms with Gasteiger partial charge in [0.25, 0.3) is 0 Å². The summed E-state index contributed by atoms with van der Waals surface area (Å²) >= 11 is 4.80. The molecule has 0 saturated heterocycles. The molecular weight excluding hydrogens is 278 g/mol. The lowest BCUT2D eigenvalue weighted by Gasteiger charge is -1.98. The predicted octanol–water partition coefficient (Wildman–Crippen LogP) is 3.24. The van der Waals surface area contributed by atoms with E-state index in [9.17, 15) is 4.79 Å². The number of ether oxygens (including phenoxy) is 1. The monoisotopic (exact) mass is 285 g/mol. The van der Waals surface area contributed by atoms with Crippen LogP contribution in [0.3, 0.4) is 0 Å². The molecule has 0 saturated carbocycles. The van der Waals surface area contributed by atoms with E-state index in [0.29, 0.717) is 11.5 Å². The van der Waals surface area contributed by atoms with Crippen LogP contribution in [-0.4, -0.2) is 17.6 Å². The quantitative estimate of drug-likeness (QED) is 0.796. The normalized spacial score (nSPS) is 10.5. The van der Waals surface area contributed by atoms with E-state index in [1.54, 1.807) is 19.3 Å². The molecule has 78 valence electrons. The van der Waals surface area contributed by atoms with Gasteiger partial charge in [-0.05, 0) is 28.9 Å². The number of carbonyl (C=O) groups excluding carboxylic acids is 1. The molecule has 0 unspecified atom stereocenters. The Balaban J connectivity index is 2.53. The summed E-state index contributed by atoms with van der Waals surface area (Å²) in [5.74, 6) is -0.287. The fourth-order valence-electron chi connectivity index (χ4n) is 1.24. The van der Waals surface area contributed by atoms with Crippen LogP contribution in [0.5, 0.6) is 0 Å². The Bertz CT molecular complexity index is 509. The van der Waals surface area contributed by atoms with Crippen molar-refractivity contribution >= 4 is 43.3 Å². The maximum absolute atomic E-state index is 11.6. The highest BCUT2D eigenvalue weighted by Gasteiger charge is 2.17. The average molecular weight is 286 g/mol. The molecule has 0 N–H and O–H groups in total. The Labute approximate surface area is 99.2 Å². The summed E-state index contributed by atoms with van der Waals surface area (Å²) in [6.45, 7) is 2.18. The molecule has 0 aliphatic heterocycles. The average Bonchev–Trinajstić information content (AvgIpc) is 2.57. The number of pyridine rings is 1. The minimum Gasteiger partial charge on any atom is -0.462 e. The first-order valence-corrected chi connectivity index (χ1v) is 6.04. The van der Waals surface area contributed by atoms with Gasteiger partial charge in [0.05, 0.1) is 11.1 Å². The van der Waals surface area contributed by atoms with E-state index in [2.05, 4.69) is 20.9 Å². The number of thiophene rings is 1. The molecule has 15 heavy (non-hydrogen) atoms. The lowest BCUT2D eigenvalue weighted by molar-refractivity contribution is 0.0531. The maximum Gasteiger partial charge on any atom is 0.349 e. The number of hydrogen-bond acceptors (Lipinski definition) is 4. The first-order valence-electron chi connectivity index (χ1n) is 4.43. The number of esters is 1. The predicted molar refractivity (Wildman–Crippen MR) is 63.3 cm³/mol. The van der Waals surface area contributed by atoms with Gasteiger partial charge in [0.2, 0.25) is 0 Å². The van der Waals surface area contributed by atoms with Crippen LogP contribution in [0.1, 0.15) is 16.6 Å². The van der Waals surface area contributed by atoms with Gasteiger partial charge in [0.15, 0.2) is 0 Å². The van der Waals surface area contributed by atoms with Crippen molar-refractivity contribution in [1.29, 1.82) is 0 Å². The second-order valence-electron chi connectivity index (χ2n) is 2.84. The Morgan fingerprint density at radius 3 is 3.13 bits per heavy atom. The zero-order valence-corrected chi connectivity index (χ0v) is 10.4. The number of halogens is 1. The minimum absolute atomic E-state index is 0.287. The second kappa shape index (κ2) is 4.28.